The van der Waals surface area contributed by atoms with Crippen molar-refractivity contribution in [2.45, 2.75) is 26.1 Å². The van der Waals surface area contributed by atoms with Crippen LogP contribution >= 0.6 is 15.9 Å². The van der Waals surface area contributed by atoms with Crippen molar-refractivity contribution in [3.05, 3.63) is 28.2 Å². The van der Waals surface area contributed by atoms with Crippen LogP contribution in [0.15, 0.2) is 22.7 Å². The lowest BCUT2D eigenvalue weighted by molar-refractivity contribution is -0.125. The van der Waals surface area contributed by atoms with Crippen molar-refractivity contribution in [3.63, 3.8) is 0 Å². The first-order chi connectivity index (χ1) is 8.85. The number of hydrogen-bond acceptors (Lipinski definition) is 3. The van der Waals surface area contributed by atoms with Crippen LogP contribution in [0.3, 0.4) is 0 Å². The molecule has 108 valence electrons. The Kier molecular flexibility index (Phi) is 6.16. The van der Waals surface area contributed by atoms with Crippen LogP contribution in [0.2, 0.25) is 0 Å². The molecule has 6 heteroatoms. The molecule has 1 aliphatic heterocycles. The van der Waals surface area contributed by atoms with E-state index in [9.17, 15) is 8.78 Å². The summed E-state index contributed by atoms with van der Waals surface area (Å²) in [5.74, 6) is 0.133. The molecular weight excluding hydrogens is 322 g/mol. The molecule has 0 radical (unpaired) electrons. The minimum absolute atomic E-state index is 0.0469. The molecule has 0 spiro atoms. The number of methoxy groups -OCH3 is 1. The highest BCUT2D eigenvalue weighted by molar-refractivity contribution is 9.10. The summed E-state index contributed by atoms with van der Waals surface area (Å²) < 4.78 is 40.0. The van der Waals surface area contributed by atoms with E-state index in [1.165, 1.54) is 13.2 Å². The van der Waals surface area contributed by atoms with Crippen LogP contribution in [0.4, 0.5) is 8.78 Å². The molecule has 0 amide bonds. The third kappa shape index (κ3) is 5.42. The van der Waals surface area contributed by atoms with Crippen LogP contribution < -0.4 is 4.74 Å². The molecule has 19 heavy (non-hydrogen) atoms. The Bertz CT molecular complexity index is 403. The van der Waals surface area contributed by atoms with E-state index in [1.807, 2.05) is 13.8 Å². The van der Waals surface area contributed by atoms with E-state index in [1.54, 1.807) is 12.1 Å². The Morgan fingerprint density at radius 3 is 2.21 bits per heavy atom. The van der Waals surface area contributed by atoms with Crippen molar-refractivity contribution in [2.24, 2.45) is 0 Å². The van der Waals surface area contributed by atoms with E-state index in [0.717, 1.165) is 13.2 Å². The fourth-order valence-electron chi connectivity index (χ4n) is 1.43. The third-order valence-corrected chi connectivity index (χ3v) is 3.14. The van der Waals surface area contributed by atoms with Gasteiger partial charge in [-0.25, -0.2) is 8.78 Å². The first-order valence-electron chi connectivity index (χ1n) is 5.75. The smallest absolute Gasteiger partial charge is 0.265 e. The van der Waals surface area contributed by atoms with Gasteiger partial charge in [0.25, 0.3) is 6.43 Å². The van der Waals surface area contributed by atoms with Gasteiger partial charge in [0.05, 0.1) is 20.3 Å². The predicted molar refractivity (Wildman–Crippen MR) is 71.6 cm³/mol. The van der Waals surface area contributed by atoms with Crippen molar-refractivity contribution in [1.29, 1.82) is 0 Å². The van der Waals surface area contributed by atoms with Crippen LogP contribution in [0.1, 0.15) is 25.8 Å². The van der Waals surface area contributed by atoms with Crippen molar-refractivity contribution < 1.29 is 23.0 Å². The maximum Gasteiger partial charge on any atom is 0.265 e. The number of benzene rings is 1. The van der Waals surface area contributed by atoms with Gasteiger partial charge in [-0.05, 0) is 32.0 Å². The molecular formula is C13H17BrF2O3. The lowest BCUT2D eigenvalue weighted by Crippen LogP contribution is -2.18. The monoisotopic (exact) mass is 338 g/mol. The highest BCUT2D eigenvalue weighted by atomic mass is 79.9. The lowest BCUT2D eigenvalue weighted by Gasteiger charge is -2.13. The SMILES string of the molecule is CC1(C)OCCO1.COc1ccc(Br)c(C(F)F)c1. The molecule has 3 nitrogen and oxygen atoms in total. The molecule has 0 atom stereocenters. The van der Waals surface area contributed by atoms with Gasteiger partial charge in [0.2, 0.25) is 0 Å². The van der Waals surface area contributed by atoms with Crippen LogP contribution in [-0.2, 0) is 9.47 Å². The molecule has 0 bridgehead atoms. The van der Waals surface area contributed by atoms with Crippen LogP contribution in [-0.4, -0.2) is 26.1 Å². The summed E-state index contributed by atoms with van der Waals surface area (Å²) in [7, 11) is 1.44. The topological polar surface area (TPSA) is 27.7 Å². The second kappa shape index (κ2) is 7.17. The maximum absolute atomic E-state index is 12.3. The third-order valence-electron chi connectivity index (χ3n) is 2.42. The van der Waals surface area contributed by atoms with Crippen molar-refractivity contribution in [3.8, 4) is 5.75 Å². The zero-order chi connectivity index (χ0) is 14.5. The molecule has 1 aliphatic rings. The average Bonchev–Trinajstić information content (AvgIpc) is 2.75. The van der Waals surface area contributed by atoms with Gasteiger partial charge in [0.1, 0.15) is 5.75 Å². The zero-order valence-electron chi connectivity index (χ0n) is 11.1. The minimum atomic E-state index is -2.48. The summed E-state index contributed by atoms with van der Waals surface area (Å²) in [6, 6.07) is 4.48. The van der Waals surface area contributed by atoms with Gasteiger partial charge in [-0.1, -0.05) is 15.9 Å². The largest absolute Gasteiger partial charge is 0.497 e. The summed E-state index contributed by atoms with van der Waals surface area (Å²) in [6.45, 7) is 5.32. The summed E-state index contributed by atoms with van der Waals surface area (Å²) >= 11 is 3.02. The molecule has 1 fully saturated rings. The maximum atomic E-state index is 12.3. The van der Waals surface area contributed by atoms with Gasteiger partial charge in [-0.2, -0.15) is 0 Å². The zero-order valence-corrected chi connectivity index (χ0v) is 12.7. The van der Waals surface area contributed by atoms with E-state index >= 15 is 0 Å². The van der Waals surface area contributed by atoms with Gasteiger partial charge >= 0.3 is 0 Å². The fourth-order valence-corrected chi connectivity index (χ4v) is 1.85. The van der Waals surface area contributed by atoms with E-state index in [0.29, 0.717) is 10.2 Å². The first kappa shape index (κ1) is 16.3. The van der Waals surface area contributed by atoms with E-state index in [4.69, 9.17) is 14.2 Å². The second-order valence-corrected chi connectivity index (χ2v) is 5.14. The molecule has 2 rings (SSSR count). The normalized spacial score (nSPS) is 17.0. The highest BCUT2D eigenvalue weighted by Crippen LogP contribution is 2.30. The first-order valence-corrected chi connectivity index (χ1v) is 6.54. The Morgan fingerprint density at radius 2 is 1.84 bits per heavy atom. The van der Waals surface area contributed by atoms with Gasteiger partial charge in [-0.15, -0.1) is 0 Å². The van der Waals surface area contributed by atoms with E-state index in [-0.39, 0.29) is 11.4 Å². The summed E-state index contributed by atoms with van der Waals surface area (Å²) in [5, 5.41) is 0. The van der Waals surface area contributed by atoms with Crippen LogP contribution in [0.25, 0.3) is 0 Å². The van der Waals surface area contributed by atoms with Crippen molar-refractivity contribution in [1.82, 2.24) is 0 Å². The number of halogens is 3. The molecule has 1 aromatic rings. The molecule has 0 N–H and O–H groups in total. The molecule has 1 heterocycles. The molecule has 0 aliphatic carbocycles. The average molecular weight is 339 g/mol. The number of ether oxygens (including phenoxy) is 3. The Hall–Kier alpha value is -0.720. The minimum Gasteiger partial charge on any atom is -0.497 e. The van der Waals surface area contributed by atoms with Crippen LogP contribution in [0, 0.1) is 0 Å². The standard InChI is InChI=1S/C8H7BrF2O.C5H10O2/c1-12-5-2-3-7(9)6(4-5)8(10)11;1-5(2)6-3-4-7-5/h2-4,8H,1H3;3-4H2,1-2H3. The fraction of sp³-hybridized carbons (Fsp3) is 0.538. The predicted octanol–water partition coefficient (Wildman–Crippen LogP) is 4.16. The number of alkyl halides is 2. The Balaban J connectivity index is 0.000000218. The van der Waals surface area contributed by atoms with Gasteiger partial charge in [-0.3, -0.25) is 0 Å². The lowest BCUT2D eigenvalue weighted by atomic mass is 10.2. The number of hydrogen-bond donors (Lipinski definition) is 0. The van der Waals surface area contributed by atoms with Crippen molar-refractivity contribution >= 4 is 15.9 Å². The molecule has 0 aromatic heterocycles. The number of rotatable bonds is 2. The van der Waals surface area contributed by atoms with Crippen molar-refractivity contribution in [2.75, 3.05) is 20.3 Å². The highest BCUT2D eigenvalue weighted by Gasteiger charge is 2.23. The summed E-state index contributed by atoms with van der Waals surface area (Å²) in [6.07, 6.45) is -2.48. The molecule has 0 unspecified atom stereocenters. The molecule has 1 saturated heterocycles. The Morgan fingerprint density at radius 1 is 1.26 bits per heavy atom. The van der Waals surface area contributed by atoms with E-state index in [2.05, 4.69) is 15.9 Å². The van der Waals surface area contributed by atoms with Gasteiger partial charge in [0, 0.05) is 10.0 Å². The molecule has 1 aromatic carbocycles. The summed E-state index contributed by atoms with van der Waals surface area (Å²) in [4.78, 5) is 0. The second-order valence-electron chi connectivity index (χ2n) is 4.28. The van der Waals surface area contributed by atoms with Gasteiger partial charge < -0.3 is 14.2 Å². The summed E-state index contributed by atoms with van der Waals surface area (Å²) in [5.41, 5.74) is -0.0469. The van der Waals surface area contributed by atoms with Crippen LogP contribution in [0.5, 0.6) is 5.75 Å². The quantitative estimate of drug-likeness (QED) is 0.810. The van der Waals surface area contributed by atoms with Gasteiger partial charge in [0.15, 0.2) is 5.79 Å². The Labute approximate surface area is 120 Å². The molecule has 0 saturated carbocycles. The van der Waals surface area contributed by atoms with E-state index < -0.39 is 6.43 Å².